The molecular formula is C11H11BrOS. The number of fused-ring (bicyclic) bond motifs is 1. The van der Waals surface area contributed by atoms with Gasteiger partial charge in [0.2, 0.25) is 0 Å². The standard InChI is InChI=1S/C11H11BrOS/c1-2-9-5-8-3-7(6-12)4-10(13)11(8)14-9/h3-5,13H,2,6H2,1H3. The smallest absolute Gasteiger partial charge is 0.133 e. The van der Waals surface area contributed by atoms with Gasteiger partial charge in [-0.2, -0.15) is 0 Å². The Balaban J connectivity index is 2.67. The van der Waals surface area contributed by atoms with E-state index in [1.54, 1.807) is 11.3 Å². The highest BCUT2D eigenvalue weighted by Gasteiger charge is 2.06. The van der Waals surface area contributed by atoms with Gasteiger partial charge >= 0.3 is 0 Å². The lowest BCUT2D eigenvalue weighted by atomic mass is 10.1. The van der Waals surface area contributed by atoms with Crippen LogP contribution < -0.4 is 0 Å². The van der Waals surface area contributed by atoms with Crippen molar-refractivity contribution >= 4 is 37.4 Å². The van der Waals surface area contributed by atoms with E-state index < -0.39 is 0 Å². The summed E-state index contributed by atoms with van der Waals surface area (Å²) in [7, 11) is 0. The summed E-state index contributed by atoms with van der Waals surface area (Å²) in [5, 5.41) is 11.7. The molecule has 1 aromatic heterocycles. The molecule has 1 N–H and O–H groups in total. The summed E-state index contributed by atoms with van der Waals surface area (Å²) >= 11 is 5.07. The van der Waals surface area contributed by atoms with Crippen LogP contribution in [0.1, 0.15) is 17.4 Å². The fourth-order valence-electron chi connectivity index (χ4n) is 1.50. The molecule has 3 heteroatoms. The molecule has 0 aliphatic rings. The third-order valence-electron chi connectivity index (χ3n) is 2.21. The maximum Gasteiger partial charge on any atom is 0.133 e. The monoisotopic (exact) mass is 270 g/mol. The molecule has 0 amide bonds. The lowest BCUT2D eigenvalue weighted by Gasteiger charge is -1.98. The van der Waals surface area contributed by atoms with Crippen molar-refractivity contribution < 1.29 is 5.11 Å². The average molecular weight is 271 g/mol. The van der Waals surface area contributed by atoms with Gasteiger partial charge in [0.25, 0.3) is 0 Å². The van der Waals surface area contributed by atoms with Crippen LogP contribution in [0.3, 0.4) is 0 Å². The number of alkyl halides is 1. The van der Waals surface area contributed by atoms with Crippen LogP contribution >= 0.6 is 27.3 Å². The number of hydrogen-bond donors (Lipinski definition) is 1. The van der Waals surface area contributed by atoms with Crippen molar-refractivity contribution in [1.82, 2.24) is 0 Å². The van der Waals surface area contributed by atoms with E-state index in [2.05, 4.69) is 35.0 Å². The van der Waals surface area contributed by atoms with Gasteiger partial charge in [0, 0.05) is 10.2 Å². The van der Waals surface area contributed by atoms with Crippen LogP contribution in [0.25, 0.3) is 10.1 Å². The highest BCUT2D eigenvalue weighted by molar-refractivity contribution is 9.08. The number of phenols is 1. The first-order valence-corrected chi connectivity index (χ1v) is 6.48. The Morgan fingerprint density at radius 2 is 2.14 bits per heavy atom. The molecule has 0 spiro atoms. The van der Waals surface area contributed by atoms with E-state index in [-0.39, 0.29) is 0 Å². The molecule has 0 radical (unpaired) electrons. The Morgan fingerprint density at radius 3 is 2.79 bits per heavy atom. The Hall–Kier alpha value is -0.540. The van der Waals surface area contributed by atoms with E-state index in [1.807, 2.05) is 6.07 Å². The summed E-state index contributed by atoms with van der Waals surface area (Å²) in [5.74, 6) is 0.404. The number of phenolic OH excluding ortho intramolecular Hbond substituents is 1. The van der Waals surface area contributed by atoms with Gasteiger partial charge in [0.1, 0.15) is 5.75 Å². The van der Waals surface area contributed by atoms with Crippen molar-refractivity contribution in [1.29, 1.82) is 0 Å². The van der Waals surface area contributed by atoms with E-state index in [0.29, 0.717) is 5.75 Å². The first-order chi connectivity index (χ1) is 6.74. The fourth-order valence-corrected chi connectivity index (χ4v) is 2.82. The van der Waals surface area contributed by atoms with Gasteiger partial charge in [0.15, 0.2) is 0 Å². The highest BCUT2D eigenvalue weighted by atomic mass is 79.9. The minimum atomic E-state index is 0.404. The number of aryl methyl sites for hydroxylation is 1. The second-order valence-electron chi connectivity index (χ2n) is 3.23. The predicted molar refractivity (Wildman–Crippen MR) is 65.5 cm³/mol. The summed E-state index contributed by atoms with van der Waals surface area (Å²) in [6.45, 7) is 2.13. The van der Waals surface area contributed by atoms with Gasteiger partial charge in [-0.3, -0.25) is 0 Å². The zero-order valence-corrected chi connectivity index (χ0v) is 10.3. The van der Waals surface area contributed by atoms with Crippen molar-refractivity contribution in [2.45, 2.75) is 18.7 Å². The zero-order chi connectivity index (χ0) is 10.1. The van der Waals surface area contributed by atoms with Gasteiger partial charge in [-0.25, -0.2) is 0 Å². The molecule has 2 rings (SSSR count). The van der Waals surface area contributed by atoms with Crippen molar-refractivity contribution in [3.05, 3.63) is 28.6 Å². The minimum Gasteiger partial charge on any atom is -0.506 e. The Bertz CT molecular complexity index is 462. The maximum atomic E-state index is 9.78. The molecule has 0 atom stereocenters. The van der Waals surface area contributed by atoms with Gasteiger partial charge in [-0.1, -0.05) is 22.9 Å². The van der Waals surface area contributed by atoms with Crippen LogP contribution in [-0.4, -0.2) is 5.11 Å². The average Bonchev–Trinajstić information content (AvgIpc) is 2.61. The molecule has 1 nitrogen and oxygen atoms in total. The minimum absolute atomic E-state index is 0.404. The first-order valence-electron chi connectivity index (χ1n) is 4.55. The van der Waals surface area contributed by atoms with E-state index in [1.165, 1.54) is 4.88 Å². The molecule has 0 aliphatic heterocycles. The Morgan fingerprint density at radius 1 is 1.36 bits per heavy atom. The molecule has 0 unspecified atom stereocenters. The largest absolute Gasteiger partial charge is 0.506 e. The lowest BCUT2D eigenvalue weighted by molar-refractivity contribution is 0.482. The van der Waals surface area contributed by atoms with E-state index in [0.717, 1.165) is 27.4 Å². The number of hydrogen-bond acceptors (Lipinski definition) is 2. The third kappa shape index (κ3) is 1.66. The summed E-state index contributed by atoms with van der Waals surface area (Å²) < 4.78 is 1.01. The molecule has 0 saturated carbocycles. The van der Waals surface area contributed by atoms with Crippen LogP contribution in [0.4, 0.5) is 0 Å². The molecule has 0 saturated heterocycles. The topological polar surface area (TPSA) is 20.2 Å². The summed E-state index contributed by atoms with van der Waals surface area (Å²) in [6.07, 6.45) is 1.03. The molecular weight excluding hydrogens is 260 g/mol. The molecule has 1 aromatic carbocycles. The maximum absolute atomic E-state index is 9.78. The van der Waals surface area contributed by atoms with Gasteiger partial charge in [-0.15, -0.1) is 11.3 Å². The Labute approximate surface area is 95.5 Å². The first kappa shape index (κ1) is 9.99. The van der Waals surface area contributed by atoms with E-state index >= 15 is 0 Å². The predicted octanol–water partition coefficient (Wildman–Crippen LogP) is 4.06. The normalized spacial score (nSPS) is 11.0. The van der Waals surface area contributed by atoms with Crippen LogP contribution in [0, 0.1) is 0 Å². The van der Waals surface area contributed by atoms with Crippen molar-refractivity contribution in [2.24, 2.45) is 0 Å². The number of benzene rings is 1. The van der Waals surface area contributed by atoms with Gasteiger partial charge in [0.05, 0.1) is 4.70 Å². The molecule has 2 aromatic rings. The van der Waals surface area contributed by atoms with Gasteiger partial charge in [-0.05, 0) is 35.6 Å². The number of halogens is 1. The molecule has 0 aliphatic carbocycles. The van der Waals surface area contributed by atoms with Crippen molar-refractivity contribution in [3.8, 4) is 5.75 Å². The molecule has 0 fully saturated rings. The lowest BCUT2D eigenvalue weighted by Crippen LogP contribution is -1.76. The second-order valence-corrected chi connectivity index (χ2v) is 4.93. The molecule has 74 valence electrons. The Kier molecular flexibility index (Phi) is 2.79. The van der Waals surface area contributed by atoms with Crippen molar-refractivity contribution in [2.75, 3.05) is 0 Å². The van der Waals surface area contributed by atoms with Gasteiger partial charge < -0.3 is 5.11 Å². The quantitative estimate of drug-likeness (QED) is 0.816. The molecule has 1 heterocycles. The van der Waals surface area contributed by atoms with Crippen LogP contribution in [0.2, 0.25) is 0 Å². The molecule has 0 bridgehead atoms. The number of aromatic hydroxyl groups is 1. The zero-order valence-electron chi connectivity index (χ0n) is 7.88. The SMILES string of the molecule is CCc1cc2cc(CBr)cc(O)c2s1. The van der Waals surface area contributed by atoms with E-state index in [9.17, 15) is 5.11 Å². The summed E-state index contributed by atoms with van der Waals surface area (Å²) in [4.78, 5) is 1.32. The third-order valence-corrected chi connectivity index (χ3v) is 4.18. The number of rotatable bonds is 2. The molecule has 14 heavy (non-hydrogen) atoms. The second kappa shape index (κ2) is 3.91. The van der Waals surface area contributed by atoms with E-state index in [4.69, 9.17) is 0 Å². The summed E-state index contributed by atoms with van der Waals surface area (Å²) in [6, 6.07) is 6.11. The summed E-state index contributed by atoms with van der Waals surface area (Å²) in [5.41, 5.74) is 1.12. The van der Waals surface area contributed by atoms with Crippen LogP contribution in [0.5, 0.6) is 5.75 Å². The highest BCUT2D eigenvalue weighted by Crippen LogP contribution is 2.34. The van der Waals surface area contributed by atoms with Crippen LogP contribution in [0.15, 0.2) is 18.2 Å². The fraction of sp³-hybridized carbons (Fsp3) is 0.273. The van der Waals surface area contributed by atoms with Crippen molar-refractivity contribution in [3.63, 3.8) is 0 Å². The number of thiophene rings is 1. The van der Waals surface area contributed by atoms with Crippen LogP contribution in [-0.2, 0) is 11.8 Å².